The van der Waals surface area contributed by atoms with Gasteiger partial charge in [-0.2, -0.15) is 13.2 Å². The molecule has 1 aromatic heterocycles. The molecule has 2 aromatic rings. The Balaban J connectivity index is 2.77. The average Bonchev–Trinajstić information content (AvgIpc) is 2.54. The molecule has 0 unspecified atom stereocenters. The summed E-state index contributed by atoms with van der Waals surface area (Å²) in [5.74, 6) is -0.149. The second kappa shape index (κ2) is 5.95. The van der Waals surface area contributed by atoms with Crippen LogP contribution in [0.1, 0.15) is 15.2 Å². The Bertz CT molecular complexity index is 833. The fraction of sp³-hybridized carbons (Fsp3) is 0.286. The summed E-state index contributed by atoms with van der Waals surface area (Å²) >= 11 is 5.75. The Morgan fingerprint density at radius 2 is 2.09 bits per heavy atom. The van der Waals surface area contributed by atoms with E-state index in [1.807, 2.05) is 0 Å². The zero-order valence-electron chi connectivity index (χ0n) is 14.4. The molecule has 0 amide bonds. The number of hydrogen-bond acceptors (Lipinski definition) is 5. The van der Waals surface area contributed by atoms with Crippen LogP contribution in [0.25, 0.3) is 11.3 Å². The first-order valence-electron chi connectivity index (χ1n) is 7.64. The Morgan fingerprint density at radius 1 is 1.39 bits per heavy atom. The van der Waals surface area contributed by atoms with E-state index in [4.69, 9.17) is 26.6 Å². The van der Waals surface area contributed by atoms with Gasteiger partial charge in [0.1, 0.15) is 0 Å². The minimum atomic E-state index is -5.20. The van der Waals surface area contributed by atoms with E-state index in [1.54, 1.807) is 0 Å². The van der Waals surface area contributed by atoms with Crippen LogP contribution >= 0.6 is 11.6 Å². The first-order valence-corrected chi connectivity index (χ1v) is 6.52. The van der Waals surface area contributed by atoms with E-state index in [-0.39, 0.29) is 27.8 Å². The average molecular weight is 351 g/mol. The highest BCUT2D eigenvalue weighted by molar-refractivity contribution is 6.31. The number of aliphatic hydroxyl groups is 2. The van der Waals surface area contributed by atoms with E-state index in [1.165, 1.54) is 0 Å². The lowest BCUT2D eigenvalue weighted by Crippen LogP contribution is -2.45. The maximum absolute atomic E-state index is 13.2. The molecule has 23 heavy (non-hydrogen) atoms. The largest absolute Gasteiger partial charge is 0.423 e. The normalized spacial score (nSPS) is 17.0. The molecular formula is C14H13ClF3N3O2. The molecule has 2 rings (SSSR count). The lowest BCUT2D eigenvalue weighted by Gasteiger charge is -2.29. The summed E-state index contributed by atoms with van der Waals surface area (Å²) in [7, 11) is 0. The lowest BCUT2D eigenvalue weighted by molar-refractivity contribution is -0.277. The zero-order valence-corrected chi connectivity index (χ0v) is 12.2. The molecule has 1 atom stereocenters. The van der Waals surface area contributed by atoms with Gasteiger partial charge in [-0.3, -0.25) is 0 Å². The Morgan fingerprint density at radius 3 is 2.61 bits per heavy atom. The molecule has 0 spiro atoms. The number of halogens is 4. The van der Waals surface area contributed by atoms with Gasteiger partial charge in [-0.15, -0.1) is 0 Å². The highest BCUT2D eigenvalue weighted by Gasteiger charge is 2.54. The van der Waals surface area contributed by atoms with Gasteiger partial charge in [-0.1, -0.05) is 23.7 Å². The minimum absolute atomic E-state index is 0.149. The number of alkyl halides is 3. The molecule has 0 saturated carbocycles. The molecule has 124 valence electrons. The summed E-state index contributed by atoms with van der Waals surface area (Å²) in [6.07, 6.45) is -4.16. The summed E-state index contributed by atoms with van der Waals surface area (Å²) in [6, 6.07) is 2.46. The zero-order chi connectivity index (χ0) is 19.9. The molecule has 0 bridgehead atoms. The van der Waals surface area contributed by atoms with Gasteiger partial charge in [0.05, 0.1) is 18.5 Å². The highest BCUT2D eigenvalue weighted by atomic mass is 35.5. The van der Waals surface area contributed by atoms with Gasteiger partial charge < -0.3 is 15.9 Å². The van der Waals surface area contributed by atoms with Crippen LogP contribution in [0.5, 0.6) is 0 Å². The first-order chi connectivity index (χ1) is 11.8. The minimum Gasteiger partial charge on any atom is -0.393 e. The molecule has 0 radical (unpaired) electrons. The number of aromatic nitrogens is 2. The van der Waals surface area contributed by atoms with Crippen molar-refractivity contribution in [1.82, 2.24) is 9.97 Å². The standard InChI is InChI=1S/C14H13ClF3N3O2/c1-7-2-3-8(13(23,6-22)14(16,17)18)4-9(7)10-5-20-12(19)11(15)21-10/h2-5,22-23H,6H2,1H3,(H2,19,20)/t13-/m0/s1/i1D3. The fourth-order valence-electron chi connectivity index (χ4n) is 1.86. The summed E-state index contributed by atoms with van der Waals surface area (Å²) in [5.41, 5.74) is 0.344. The second-order valence-electron chi connectivity index (χ2n) is 4.71. The number of aryl methyl sites for hydroxylation is 1. The molecule has 0 saturated heterocycles. The van der Waals surface area contributed by atoms with E-state index in [0.717, 1.165) is 24.4 Å². The fourth-order valence-corrected chi connectivity index (χ4v) is 2.00. The van der Waals surface area contributed by atoms with Crippen LogP contribution in [0.3, 0.4) is 0 Å². The molecule has 4 N–H and O–H groups in total. The van der Waals surface area contributed by atoms with Gasteiger partial charge in [0.2, 0.25) is 5.60 Å². The number of aliphatic hydroxyl groups excluding tert-OH is 1. The molecule has 9 heteroatoms. The number of benzene rings is 1. The topological polar surface area (TPSA) is 92.3 Å². The van der Waals surface area contributed by atoms with Crippen molar-refractivity contribution in [1.29, 1.82) is 0 Å². The quantitative estimate of drug-likeness (QED) is 0.790. The lowest BCUT2D eigenvalue weighted by atomic mass is 9.90. The molecular weight excluding hydrogens is 335 g/mol. The van der Waals surface area contributed by atoms with Crippen LogP contribution in [0, 0.1) is 6.85 Å². The van der Waals surface area contributed by atoms with Crippen LogP contribution in [0.15, 0.2) is 24.4 Å². The van der Waals surface area contributed by atoms with Crippen LogP contribution in [0.2, 0.25) is 5.15 Å². The Kier molecular flexibility index (Phi) is 3.50. The SMILES string of the molecule is [2H]C([2H])([2H])c1ccc([C@@](O)(CO)C(F)(F)F)cc1-c1cnc(N)c(Cl)n1. The number of anilines is 1. The molecule has 1 heterocycles. The molecule has 5 nitrogen and oxygen atoms in total. The van der Waals surface area contributed by atoms with Gasteiger partial charge in [0, 0.05) is 9.68 Å². The van der Waals surface area contributed by atoms with Crippen LogP contribution in [-0.2, 0) is 5.60 Å². The van der Waals surface area contributed by atoms with E-state index in [0.29, 0.717) is 0 Å². The Hall–Kier alpha value is -1.90. The van der Waals surface area contributed by atoms with Gasteiger partial charge in [-0.05, 0) is 24.0 Å². The summed E-state index contributed by atoms with van der Waals surface area (Å²) in [6.45, 7) is -4.35. The number of rotatable bonds is 3. The van der Waals surface area contributed by atoms with Gasteiger partial charge in [0.15, 0.2) is 11.0 Å². The van der Waals surface area contributed by atoms with Crippen molar-refractivity contribution < 1.29 is 27.5 Å². The van der Waals surface area contributed by atoms with E-state index in [2.05, 4.69) is 9.97 Å². The summed E-state index contributed by atoms with van der Waals surface area (Å²) in [4.78, 5) is 7.54. The monoisotopic (exact) mass is 350 g/mol. The third-order valence-electron chi connectivity index (χ3n) is 3.23. The van der Waals surface area contributed by atoms with Gasteiger partial charge in [-0.25, -0.2) is 9.97 Å². The highest BCUT2D eigenvalue weighted by Crippen LogP contribution is 2.40. The number of nitrogens with zero attached hydrogens (tertiary/aromatic N) is 2. The van der Waals surface area contributed by atoms with Crippen molar-refractivity contribution in [2.75, 3.05) is 12.3 Å². The molecule has 0 fully saturated rings. The molecule has 1 aromatic carbocycles. The third-order valence-corrected chi connectivity index (χ3v) is 3.50. The van der Waals surface area contributed by atoms with Crippen molar-refractivity contribution in [2.45, 2.75) is 18.6 Å². The maximum Gasteiger partial charge on any atom is 0.423 e. The van der Waals surface area contributed by atoms with E-state index < -0.39 is 30.8 Å². The van der Waals surface area contributed by atoms with Gasteiger partial charge >= 0.3 is 6.18 Å². The number of nitrogens with two attached hydrogens (primary N) is 1. The van der Waals surface area contributed by atoms with Crippen LogP contribution in [0.4, 0.5) is 19.0 Å². The van der Waals surface area contributed by atoms with Crippen molar-refractivity contribution in [3.63, 3.8) is 0 Å². The van der Waals surface area contributed by atoms with Crippen LogP contribution < -0.4 is 5.73 Å². The predicted molar refractivity (Wildman–Crippen MR) is 78.7 cm³/mol. The predicted octanol–water partition coefficient (Wildman–Crippen LogP) is 2.43. The second-order valence-corrected chi connectivity index (χ2v) is 5.07. The summed E-state index contributed by atoms with van der Waals surface area (Å²) in [5, 5.41) is 18.7. The first kappa shape index (κ1) is 13.5. The number of hydrogen-bond donors (Lipinski definition) is 3. The molecule has 0 aliphatic heterocycles. The molecule has 0 aliphatic rings. The smallest absolute Gasteiger partial charge is 0.393 e. The maximum atomic E-state index is 13.2. The summed E-state index contributed by atoms with van der Waals surface area (Å²) < 4.78 is 62.2. The third kappa shape index (κ3) is 3.10. The number of nitrogen functional groups attached to an aromatic ring is 1. The van der Waals surface area contributed by atoms with E-state index >= 15 is 0 Å². The molecule has 0 aliphatic carbocycles. The van der Waals surface area contributed by atoms with E-state index in [9.17, 15) is 18.3 Å². The van der Waals surface area contributed by atoms with Crippen molar-refractivity contribution >= 4 is 17.4 Å². The van der Waals surface area contributed by atoms with Crippen LogP contribution in [-0.4, -0.2) is 33.0 Å². The van der Waals surface area contributed by atoms with Crippen molar-refractivity contribution in [3.8, 4) is 11.3 Å². The van der Waals surface area contributed by atoms with Crippen molar-refractivity contribution in [3.05, 3.63) is 40.7 Å². The Labute approximate surface area is 138 Å². The van der Waals surface area contributed by atoms with Crippen molar-refractivity contribution in [2.24, 2.45) is 0 Å². The van der Waals surface area contributed by atoms with Gasteiger partial charge in [0.25, 0.3) is 0 Å².